The first kappa shape index (κ1) is 12.4. The summed E-state index contributed by atoms with van der Waals surface area (Å²) in [5, 5.41) is 3.04. The lowest BCUT2D eigenvalue weighted by molar-refractivity contribution is -0.122. The minimum absolute atomic E-state index is 0.175. The summed E-state index contributed by atoms with van der Waals surface area (Å²) in [5.41, 5.74) is 0. The van der Waals surface area contributed by atoms with Crippen molar-refractivity contribution in [2.45, 2.75) is 18.9 Å². The Kier molecular flexibility index (Phi) is 3.64. The van der Waals surface area contributed by atoms with Crippen LogP contribution in [0.4, 0.5) is 5.82 Å². The van der Waals surface area contributed by atoms with Crippen LogP contribution in [0.2, 0.25) is 0 Å². The van der Waals surface area contributed by atoms with E-state index in [9.17, 15) is 4.79 Å². The van der Waals surface area contributed by atoms with Gasteiger partial charge < -0.3 is 10.2 Å². The van der Waals surface area contributed by atoms with Gasteiger partial charge in [0.15, 0.2) is 0 Å². The molecule has 2 fully saturated rings. The Morgan fingerprint density at radius 2 is 2.05 bits per heavy atom. The van der Waals surface area contributed by atoms with E-state index in [4.69, 9.17) is 0 Å². The summed E-state index contributed by atoms with van der Waals surface area (Å²) in [6.45, 7) is 4.26. The number of rotatable bonds is 4. The molecule has 1 aromatic heterocycles. The molecule has 0 radical (unpaired) electrons. The summed E-state index contributed by atoms with van der Waals surface area (Å²) in [6, 6.07) is 6.44. The molecule has 2 heterocycles. The number of carbonyl (C=O) groups is 1. The summed E-state index contributed by atoms with van der Waals surface area (Å²) in [7, 11) is 0. The van der Waals surface area contributed by atoms with Gasteiger partial charge in [-0.1, -0.05) is 6.07 Å². The number of pyridine rings is 1. The van der Waals surface area contributed by atoms with E-state index in [-0.39, 0.29) is 5.91 Å². The van der Waals surface area contributed by atoms with Crippen molar-refractivity contribution < 1.29 is 4.79 Å². The van der Waals surface area contributed by atoms with Gasteiger partial charge in [0.25, 0.3) is 0 Å². The maximum absolute atomic E-state index is 11.7. The number of carbonyl (C=O) groups excluding carboxylic acids is 1. The second kappa shape index (κ2) is 5.57. The molecule has 1 aromatic rings. The van der Waals surface area contributed by atoms with Crippen LogP contribution in [0.25, 0.3) is 0 Å². The van der Waals surface area contributed by atoms with E-state index in [1.54, 1.807) is 0 Å². The van der Waals surface area contributed by atoms with Crippen LogP contribution in [0.1, 0.15) is 12.8 Å². The van der Waals surface area contributed by atoms with Gasteiger partial charge in [0.2, 0.25) is 5.91 Å². The molecule has 5 heteroatoms. The van der Waals surface area contributed by atoms with Gasteiger partial charge in [-0.25, -0.2) is 4.98 Å². The summed E-state index contributed by atoms with van der Waals surface area (Å²) in [5.74, 6) is 1.21. The van der Waals surface area contributed by atoms with E-state index in [1.165, 1.54) is 0 Å². The molecule has 1 aliphatic carbocycles. The highest BCUT2D eigenvalue weighted by molar-refractivity contribution is 5.78. The van der Waals surface area contributed by atoms with Crippen LogP contribution >= 0.6 is 0 Å². The molecule has 2 aliphatic rings. The van der Waals surface area contributed by atoms with Crippen LogP contribution in [-0.4, -0.2) is 54.6 Å². The Bertz CT molecular complexity index is 424. The fourth-order valence-corrected chi connectivity index (χ4v) is 2.38. The third-order valence-corrected chi connectivity index (χ3v) is 3.66. The van der Waals surface area contributed by atoms with Gasteiger partial charge in [-0.2, -0.15) is 0 Å². The Morgan fingerprint density at radius 3 is 2.68 bits per heavy atom. The molecule has 1 aliphatic heterocycles. The first-order chi connectivity index (χ1) is 9.31. The fraction of sp³-hybridized carbons (Fsp3) is 0.571. The summed E-state index contributed by atoms with van der Waals surface area (Å²) in [4.78, 5) is 20.6. The Balaban J connectivity index is 1.45. The van der Waals surface area contributed by atoms with Crippen molar-refractivity contribution in [1.29, 1.82) is 0 Å². The predicted octanol–water partition coefficient (Wildman–Crippen LogP) is 0.482. The lowest BCUT2D eigenvalue weighted by Gasteiger charge is -2.34. The average Bonchev–Trinajstić information content (AvgIpc) is 3.24. The van der Waals surface area contributed by atoms with Crippen molar-refractivity contribution in [3.05, 3.63) is 24.4 Å². The first-order valence-electron chi connectivity index (χ1n) is 6.99. The standard InChI is InChI=1S/C14H20N4O/c19-14(16-12-4-5-12)11-17-7-9-18(10-8-17)13-3-1-2-6-15-13/h1-3,6,12H,4-5,7-11H2,(H,16,19). The molecule has 0 aromatic carbocycles. The van der Waals surface area contributed by atoms with Crippen LogP contribution in [0.3, 0.4) is 0 Å². The molecule has 1 amide bonds. The number of nitrogens with one attached hydrogen (secondary N) is 1. The van der Waals surface area contributed by atoms with Crippen LogP contribution < -0.4 is 10.2 Å². The second-order valence-electron chi connectivity index (χ2n) is 5.29. The smallest absolute Gasteiger partial charge is 0.234 e. The van der Waals surface area contributed by atoms with Gasteiger partial charge >= 0.3 is 0 Å². The van der Waals surface area contributed by atoms with E-state index in [1.807, 2.05) is 24.4 Å². The first-order valence-corrected chi connectivity index (χ1v) is 6.99. The third-order valence-electron chi connectivity index (χ3n) is 3.66. The normalized spacial score (nSPS) is 20.3. The second-order valence-corrected chi connectivity index (χ2v) is 5.29. The van der Waals surface area contributed by atoms with E-state index >= 15 is 0 Å². The molecule has 0 spiro atoms. The van der Waals surface area contributed by atoms with Gasteiger partial charge in [-0.15, -0.1) is 0 Å². The van der Waals surface area contributed by atoms with Crippen molar-refractivity contribution in [2.75, 3.05) is 37.6 Å². The quantitative estimate of drug-likeness (QED) is 0.855. The zero-order valence-corrected chi connectivity index (χ0v) is 11.1. The van der Waals surface area contributed by atoms with Crippen molar-refractivity contribution >= 4 is 11.7 Å². The van der Waals surface area contributed by atoms with Gasteiger partial charge in [-0.05, 0) is 25.0 Å². The third kappa shape index (κ3) is 3.44. The van der Waals surface area contributed by atoms with Gasteiger partial charge in [0.05, 0.1) is 6.54 Å². The van der Waals surface area contributed by atoms with Crippen LogP contribution in [0.5, 0.6) is 0 Å². The van der Waals surface area contributed by atoms with Crippen LogP contribution in [0, 0.1) is 0 Å². The topological polar surface area (TPSA) is 48.5 Å². The lowest BCUT2D eigenvalue weighted by Crippen LogP contribution is -2.49. The van der Waals surface area contributed by atoms with Gasteiger partial charge in [0.1, 0.15) is 5.82 Å². The molecule has 1 saturated carbocycles. The SMILES string of the molecule is O=C(CN1CCN(c2ccccn2)CC1)NC1CC1. The molecule has 5 nitrogen and oxygen atoms in total. The number of hydrogen-bond donors (Lipinski definition) is 1. The van der Waals surface area contributed by atoms with Crippen molar-refractivity contribution in [2.24, 2.45) is 0 Å². The molecule has 1 saturated heterocycles. The maximum Gasteiger partial charge on any atom is 0.234 e. The molecule has 0 unspecified atom stereocenters. The van der Waals surface area contributed by atoms with E-state index in [0.717, 1.165) is 44.8 Å². The van der Waals surface area contributed by atoms with E-state index in [0.29, 0.717) is 12.6 Å². The fourth-order valence-electron chi connectivity index (χ4n) is 2.38. The van der Waals surface area contributed by atoms with Crippen molar-refractivity contribution in [1.82, 2.24) is 15.2 Å². The minimum Gasteiger partial charge on any atom is -0.354 e. The predicted molar refractivity (Wildman–Crippen MR) is 74.1 cm³/mol. The van der Waals surface area contributed by atoms with Crippen molar-refractivity contribution in [3.8, 4) is 0 Å². The number of hydrogen-bond acceptors (Lipinski definition) is 4. The highest BCUT2D eigenvalue weighted by Gasteiger charge is 2.25. The molecule has 0 atom stereocenters. The number of anilines is 1. The molecule has 3 rings (SSSR count). The highest BCUT2D eigenvalue weighted by atomic mass is 16.2. The van der Waals surface area contributed by atoms with Gasteiger partial charge in [0, 0.05) is 38.4 Å². The zero-order chi connectivity index (χ0) is 13.1. The molecule has 1 N–H and O–H groups in total. The molecular formula is C14H20N4O. The van der Waals surface area contributed by atoms with E-state index < -0.39 is 0 Å². The van der Waals surface area contributed by atoms with Gasteiger partial charge in [-0.3, -0.25) is 9.69 Å². The number of piperazine rings is 1. The molecule has 19 heavy (non-hydrogen) atoms. The van der Waals surface area contributed by atoms with Crippen LogP contribution in [0.15, 0.2) is 24.4 Å². The molecule has 0 bridgehead atoms. The number of aromatic nitrogens is 1. The number of amides is 1. The molecular weight excluding hydrogens is 240 g/mol. The Hall–Kier alpha value is -1.62. The number of nitrogens with zero attached hydrogens (tertiary/aromatic N) is 3. The molecule has 102 valence electrons. The maximum atomic E-state index is 11.7. The summed E-state index contributed by atoms with van der Waals surface area (Å²) >= 11 is 0. The summed E-state index contributed by atoms with van der Waals surface area (Å²) in [6.07, 6.45) is 4.13. The minimum atomic E-state index is 0.175. The van der Waals surface area contributed by atoms with Crippen LogP contribution in [-0.2, 0) is 4.79 Å². The van der Waals surface area contributed by atoms with E-state index in [2.05, 4.69) is 20.1 Å². The lowest BCUT2D eigenvalue weighted by atomic mass is 10.3. The summed E-state index contributed by atoms with van der Waals surface area (Å²) < 4.78 is 0. The Morgan fingerprint density at radius 1 is 1.26 bits per heavy atom. The largest absolute Gasteiger partial charge is 0.354 e. The Labute approximate surface area is 113 Å². The average molecular weight is 260 g/mol. The van der Waals surface area contributed by atoms with Crippen molar-refractivity contribution in [3.63, 3.8) is 0 Å². The monoisotopic (exact) mass is 260 g/mol. The highest BCUT2D eigenvalue weighted by Crippen LogP contribution is 2.18. The zero-order valence-electron chi connectivity index (χ0n) is 11.1.